The van der Waals surface area contributed by atoms with Gasteiger partial charge in [0.1, 0.15) is 12.4 Å². The molecule has 0 radical (unpaired) electrons. The van der Waals surface area contributed by atoms with E-state index in [9.17, 15) is 29.0 Å². The lowest BCUT2D eigenvalue weighted by atomic mass is 9.86. The monoisotopic (exact) mass is 521 g/mol. The summed E-state index contributed by atoms with van der Waals surface area (Å²) in [5.41, 5.74) is 2.21. The van der Waals surface area contributed by atoms with Gasteiger partial charge >= 0.3 is 5.97 Å². The van der Waals surface area contributed by atoms with Crippen molar-refractivity contribution in [1.29, 1.82) is 0 Å². The number of hydrogen-bond acceptors (Lipinski definition) is 7. The van der Waals surface area contributed by atoms with Gasteiger partial charge in [-0.25, -0.2) is 14.2 Å². The van der Waals surface area contributed by atoms with Gasteiger partial charge in [-0.3, -0.25) is 9.59 Å². The number of halogens is 1. The molecule has 38 heavy (non-hydrogen) atoms. The molecule has 0 saturated carbocycles. The number of hydrogen-bond donors (Lipinski definition) is 3. The van der Waals surface area contributed by atoms with Gasteiger partial charge in [-0.1, -0.05) is 6.92 Å². The zero-order valence-corrected chi connectivity index (χ0v) is 21.4. The Balaban J connectivity index is 1.55. The van der Waals surface area contributed by atoms with Gasteiger partial charge in [0.25, 0.3) is 5.56 Å². The zero-order chi connectivity index (χ0) is 27.1. The molecule has 3 atom stereocenters. The third-order valence-corrected chi connectivity index (χ3v) is 8.23. The third-order valence-electron chi connectivity index (χ3n) is 8.23. The van der Waals surface area contributed by atoms with Crippen LogP contribution in [0.3, 0.4) is 0 Å². The summed E-state index contributed by atoms with van der Waals surface area (Å²) in [5, 5.41) is 24.5. The van der Waals surface area contributed by atoms with Crippen LogP contribution in [0.2, 0.25) is 0 Å². The molecule has 1 aliphatic carbocycles. The minimum atomic E-state index is -1.95. The van der Waals surface area contributed by atoms with Crippen LogP contribution in [-0.2, 0) is 39.5 Å². The van der Waals surface area contributed by atoms with Crippen LogP contribution in [0.25, 0.3) is 22.3 Å². The molecule has 0 saturated heterocycles. The second-order valence-corrected chi connectivity index (χ2v) is 10.5. The number of rotatable bonds is 5. The normalized spacial score (nSPS) is 21.6. The summed E-state index contributed by atoms with van der Waals surface area (Å²) in [6, 6.07) is 2.53. The number of carbonyl (C=O) groups is 2. The number of fused-ring (bicyclic) bond motifs is 5. The molecule has 6 rings (SSSR count). The highest BCUT2D eigenvalue weighted by Gasteiger charge is 2.46. The number of nitrogens with zero attached hydrogens (tertiary/aromatic N) is 2. The largest absolute Gasteiger partial charge is 0.458 e. The summed E-state index contributed by atoms with van der Waals surface area (Å²) in [7, 11) is 0. The number of pyridine rings is 2. The van der Waals surface area contributed by atoms with Crippen molar-refractivity contribution in [3.05, 3.63) is 61.7 Å². The molecule has 198 valence electrons. The fourth-order valence-corrected chi connectivity index (χ4v) is 6.10. The number of esters is 1. The van der Waals surface area contributed by atoms with E-state index in [0.29, 0.717) is 35.3 Å². The van der Waals surface area contributed by atoms with Crippen LogP contribution >= 0.6 is 0 Å². The van der Waals surface area contributed by atoms with Crippen LogP contribution < -0.4 is 10.9 Å². The first-order chi connectivity index (χ1) is 18.0. The van der Waals surface area contributed by atoms with Gasteiger partial charge in [-0.2, -0.15) is 0 Å². The predicted molar refractivity (Wildman–Crippen MR) is 135 cm³/mol. The van der Waals surface area contributed by atoms with E-state index in [1.54, 1.807) is 26.8 Å². The van der Waals surface area contributed by atoms with Crippen LogP contribution in [0.1, 0.15) is 72.5 Å². The average Bonchev–Trinajstić information content (AvgIpc) is 3.43. The number of nitrogens with one attached hydrogen (secondary N) is 1. The van der Waals surface area contributed by atoms with Gasteiger partial charge in [0, 0.05) is 29.0 Å². The number of aliphatic hydroxyl groups is 2. The van der Waals surface area contributed by atoms with Crippen LogP contribution in [-0.4, -0.2) is 37.7 Å². The van der Waals surface area contributed by atoms with Gasteiger partial charge < -0.3 is 24.8 Å². The smallest absolute Gasteiger partial charge is 0.343 e. The van der Waals surface area contributed by atoms with Gasteiger partial charge in [0.05, 0.1) is 41.2 Å². The summed E-state index contributed by atoms with van der Waals surface area (Å²) in [5.74, 6) is -1.44. The molecule has 10 heteroatoms. The number of amides is 1. The summed E-state index contributed by atoms with van der Waals surface area (Å²) >= 11 is 0. The SMILES string of the molecule is CC[C@@]1(O)C(=O)OCc2c1cc1n(c2=O)Cc2c-1nc1cc(F)c(C)c3c1c2C(NC(=O)CCC(C)O)C3. The molecule has 3 aliphatic rings. The molecule has 0 spiro atoms. The molecule has 1 aromatic carbocycles. The van der Waals surface area contributed by atoms with E-state index in [-0.39, 0.29) is 48.6 Å². The van der Waals surface area contributed by atoms with Crippen molar-refractivity contribution >= 4 is 22.8 Å². The van der Waals surface area contributed by atoms with Crippen LogP contribution in [0.4, 0.5) is 4.39 Å². The first-order valence-corrected chi connectivity index (χ1v) is 12.8. The Labute approximate surface area is 217 Å². The van der Waals surface area contributed by atoms with Crippen LogP contribution in [0, 0.1) is 12.7 Å². The summed E-state index contributed by atoms with van der Waals surface area (Å²) in [6.07, 6.45) is 0.258. The molecule has 9 nitrogen and oxygen atoms in total. The molecule has 2 unspecified atom stereocenters. The average molecular weight is 522 g/mol. The quantitative estimate of drug-likeness (QED) is 0.344. The van der Waals surface area contributed by atoms with Crippen molar-refractivity contribution in [3.8, 4) is 11.4 Å². The Hall–Kier alpha value is -3.63. The van der Waals surface area contributed by atoms with E-state index >= 15 is 0 Å². The maximum atomic E-state index is 15.0. The first-order valence-electron chi connectivity index (χ1n) is 12.8. The van der Waals surface area contributed by atoms with Gasteiger partial charge in [-0.05, 0) is 55.9 Å². The maximum Gasteiger partial charge on any atom is 0.343 e. The van der Waals surface area contributed by atoms with E-state index in [0.717, 1.165) is 22.1 Å². The Morgan fingerprint density at radius 1 is 1.32 bits per heavy atom. The fourth-order valence-electron chi connectivity index (χ4n) is 6.10. The third kappa shape index (κ3) is 3.36. The number of aliphatic hydroxyl groups excluding tert-OH is 1. The Kier molecular flexibility index (Phi) is 5.48. The van der Waals surface area contributed by atoms with Crippen molar-refractivity contribution in [2.24, 2.45) is 0 Å². The van der Waals surface area contributed by atoms with Crippen molar-refractivity contribution in [2.45, 2.75) is 77.4 Å². The van der Waals surface area contributed by atoms with Crippen LogP contribution in [0.5, 0.6) is 0 Å². The number of carbonyl (C=O) groups excluding carboxylic acids is 2. The topological polar surface area (TPSA) is 131 Å². The molecule has 4 heterocycles. The van der Waals surface area contributed by atoms with Crippen molar-refractivity contribution < 1.29 is 28.9 Å². The lowest BCUT2D eigenvalue weighted by Crippen LogP contribution is -2.44. The highest BCUT2D eigenvalue weighted by atomic mass is 19.1. The summed E-state index contributed by atoms with van der Waals surface area (Å²) < 4.78 is 21.6. The molecular weight excluding hydrogens is 493 g/mol. The molecule has 2 aromatic heterocycles. The summed E-state index contributed by atoms with van der Waals surface area (Å²) in [6.45, 7) is 4.92. The van der Waals surface area contributed by atoms with E-state index in [4.69, 9.17) is 9.72 Å². The Morgan fingerprint density at radius 2 is 2.08 bits per heavy atom. The lowest BCUT2D eigenvalue weighted by Gasteiger charge is -2.31. The number of aromatic nitrogens is 2. The van der Waals surface area contributed by atoms with Gasteiger partial charge in [0.2, 0.25) is 5.91 Å². The molecule has 0 fully saturated rings. The van der Waals surface area contributed by atoms with Crippen molar-refractivity contribution in [3.63, 3.8) is 0 Å². The summed E-state index contributed by atoms with van der Waals surface area (Å²) in [4.78, 5) is 43.6. The van der Waals surface area contributed by atoms with E-state index in [1.165, 1.54) is 10.6 Å². The fraction of sp³-hybridized carbons (Fsp3) is 0.429. The first kappa shape index (κ1) is 24.7. The lowest BCUT2D eigenvalue weighted by molar-refractivity contribution is -0.172. The maximum absolute atomic E-state index is 15.0. The van der Waals surface area contributed by atoms with Crippen LogP contribution in [0.15, 0.2) is 16.9 Å². The standard InChI is InChI=1S/C28H28FN3O6/c1-4-28(37)17-8-21-25-15(10-32(21)26(35)16(17)11-38-27(28)36)24-19(30-22(34)6-5-12(2)33)7-14-13(3)18(29)9-20(31-25)23(14)24/h8-9,12,19,33,37H,4-7,10-11H2,1-3H3,(H,30,34)/t12?,19?,28-/m0/s1. The minimum Gasteiger partial charge on any atom is -0.458 e. The highest BCUT2D eigenvalue weighted by molar-refractivity contribution is 5.95. The second kappa shape index (κ2) is 8.44. The van der Waals surface area contributed by atoms with Gasteiger partial charge in [-0.15, -0.1) is 0 Å². The Morgan fingerprint density at radius 3 is 2.79 bits per heavy atom. The molecule has 1 amide bonds. The zero-order valence-electron chi connectivity index (χ0n) is 21.4. The number of cyclic esters (lactones) is 1. The number of ether oxygens (including phenoxy) is 1. The molecule has 3 aromatic rings. The van der Waals surface area contributed by atoms with E-state index in [2.05, 4.69) is 5.32 Å². The highest BCUT2D eigenvalue weighted by Crippen LogP contribution is 2.47. The molecular formula is C28H28FN3O6. The van der Waals surface area contributed by atoms with Gasteiger partial charge in [0.15, 0.2) is 5.60 Å². The minimum absolute atomic E-state index is 0.0272. The Bertz CT molecular complexity index is 1630. The van der Waals surface area contributed by atoms with E-state index < -0.39 is 29.5 Å². The predicted octanol–water partition coefficient (Wildman–Crippen LogP) is 2.40. The molecule has 0 bridgehead atoms. The molecule has 3 N–H and O–H groups in total. The van der Waals surface area contributed by atoms with Crippen molar-refractivity contribution in [1.82, 2.24) is 14.9 Å². The number of benzene rings is 1. The second-order valence-electron chi connectivity index (χ2n) is 10.5. The van der Waals surface area contributed by atoms with E-state index in [1.807, 2.05) is 0 Å². The van der Waals surface area contributed by atoms with Crippen molar-refractivity contribution in [2.75, 3.05) is 0 Å². The molecule has 2 aliphatic heterocycles.